The molecule has 0 radical (unpaired) electrons. The van der Waals surface area contributed by atoms with Crippen molar-refractivity contribution in [3.63, 3.8) is 0 Å². The molecular weight excluding hydrogens is 182 g/mol. The van der Waals surface area contributed by atoms with Crippen molar-refractivity contribution >= 4 is 5.97 Å². The number of carboxylic acids is 1. The molecule has 0 saturated carbocycles. The summed E-state index contributed by atoms with van der Waals surface area (Å²) in [5.41, 5.74) is 0. The van der Waals surface area contributed by atoms with Gasteiger partial charge in [-0.3, -0.25) is 9.69 Å². The maximum absolute atomic E-state index is 10.5. The molecule has 0 unspecified atom stereocenters. The predicted molar refractivity (Wildman–Crippen MR) is 53.3 cm³/mol. The van der Waals surface area contributed by atoms with Gasteiger partial charge in [0.25, 0.3) is 0 Å². The molecule has 1 fully saturated rings. The van der Waals surface area contributed by atoms with Crippen molar-refractivity contribution in [1.29, 1.82) is 0 Å². The van der Waals surface area contributed by atoms with Crippen LogP contribution in [0.5, 0.6) is 0 Å². The molecule has 4 nitrogen and oxygen atoms in total. The second-order valence-electron chi connectivity index (χ2n) is 3.78. The van der Waals surface area contributed by atoms with Gasteiger partial charge in [0.15, 0.2) is 0 Å². The van der Waals surface area contributed by atoms with Crippen molar-refractivity contribution in [2.45, 2.75) is 19.8 Å². The Morgan fingerprint density at radius 2 is 2.14 bits per heavy atom. The van der Waals surface area contributed by atoms with Crippen molar-refractivity contribution in [2.24, 2.45) is 5.92 Å². The Morgan fingerprint density at radius 1 is 1.50 bits per heavy atom. The Hall–Kier alpha value is -0.610. The number of hydrogen-bond acceptors (Lipinski definition) is 3. The van der Waals surface area contributed by atoms with Crippen LogP contribution in [0, 0.1) is 5.92 Å². The molecule has 0 aromatic heterocycles. The highest BCUT2D eigenvalue weighted by Gasteiger charge is 2.17. The average Bonchev–Trinajstić information content (AvgIpc) is 2.17. The van der Waals surface area contributed by atoms with E-state index >= 15 is 0 Å². The van der Waals surface area contributed by atoms with Crippen LogP contribution in [0.1, 0.15) is 19.8 Å². The Kier molecular flexibility index (Phi) is 4.90. The van der Waals surface area contributed by atoms with Crippen LogP contribution < -0.4 is 0 Å². The number of carboxylic acid groups (broad SMARTS) is 1. The van der Waals surface area contributed by atoms with Crippen LogP contribution >= 0.6 is 0 Å². The zero-order valence-corrected chi connectivity index (χ0v) is 8.74. The van der Waals surface area contributed by atoms with Crippen LogP contribution in [0.3, 0.4) is 0 Å². The first-order valence-corrected chi connectivity index (χ1v) is 5.24. The number of hydrogen-bond donors (Lipinski definition) is 1. The monoisotopic (exact) mass is 201 g/mol. The van der Waals surface area contributed by atoms with Crippen LogP contribution in [-0.2, 0) is 9.53 Å². The van der Waals surface area contributed by atoms with Gasteiger partial charge in [-0.2, -0.15) is 0 Å². The summed E-state index contributed by atoms with van der Waals surface area (Å²) in [6, 6.07) is 0. The van der Waals surface area contributed by atoms with Gasteiger partial charge in [0.2, 0.25) is 0 Å². The molecule has 0 aromatic carbocycles. The second-order valence-corrected chi connectivity index (χ2v) is 3.78. The molecule has 14 heavy (non-hydrogen) atoms. The third-order valence-corrected chi connectivity index (χ3v) is 2.66. The third-order valence-electron chi connectivity index (χ3n) is 2.66. The highest BCUT2D eigenvalue weighted by Crippen LogP contribution is 2.15. The van der Waals surface area contributed by atoms with Gasteiger partial charge < -0.3 is 9.84 Å². The highest BCUT2D eigenvalue weighted by atomic mass is 16.5. The molecule has 1 heterocycles. The summed E-state index contributed by atoms with van der Waals surface area (Å²) in [4.78, 5) is 12.5. The smallest absolute Gasteiger partial charge is 0.317 e. The van der Waals surface area contributed by atoms with Gasteiger partial charge in [-0.05, 0) is 25.3 Å². The normalized spacial score (nSPS) is 18.7. The topological polar surface area (TPSA) is 49.8 Å². The first-order valence-electron chi connectivity index (χ1n) is 5.24. The number of likely N-dealkylation sites (N-methyl/N-ethyl adjacent to an activating group) is 1. The third kappa shape index (κ3) is 4.07. The van der Waals surface area contributed by atoms with Crippen molar-refractivity contribution in [2.75, 3.05) is 32.8 Å². The van der Waals surface area contributed by atoms with Crippen molar-refractivity contribution in [1.82, 2.24) is 4.90 Å². The maximum atomic E-state index is 10.5. The molecule has 1 aliphatic heterocycles. The van der Waals surface area contributed by atoms with E-state index in [0.29, 0.717) is 5.92 Å². The van der Waals surface area contributed by atoms with E-state index in [0.717, 1.165) is 39.1 Å². The van der Waals surface area contributed by atoms with Gasteiger partial charge in [-0.15, -0.1) is 0 Å². The minimum Gasteiger partial charge on any atom is -0.480 e. The molecule has 0 spiro atoms. The fourth-order valence-corrected chi connectivity index (χ4v) is 1.79. The van der Waals surface area contributed by atoms with Gasteiger partial charge in [0.05, 0.1) is 6.54 Å². The fourth-order valence-electron chi connectivity index (χ4n) is 1.79. The highest BCUT2D eigenvalue weighted by molar-refractivity contribution is 5.69. The van der Waals surface area contributed by atoms with Crippen LogP contribution in [0.4, 0.5) is 0 Å². The Labute approximate surface area is 84.8 Å². The number of carbonyl (C=O) groups is 1. The summed E-state index contributed by atoms with van der Waals surface area (Å²) in [5.74, 6) is -0.123. The summed E-state index contributed by atoms with van der Waals surface area (Å²) in [7, 11) is 0. The lowest BCUT2D eigenvalue weighted by Gasteiger charge is -2.27. The average molecular weight is 201 g/mol. The van der Waals surface area contributed by atoms with Crippen LogP contribution in [0.2, 0.25) is 0 Å². The molecule has 0 aliphatic carbocycles. The molecule has 0 aromatic rings. The van der Waals surface area contributed by atoms with Crippen molar-refractivity contribution < 1.29 is 14.6 Å². The van der Waals surface area contributed by atoms with E-state index in [2.05, 4.69) is 0 Å². The fraction of sp³-hybridized carbons (Fsp3) is 0.900. The summed E-state index contributed by atoms with van der Waals surface area (Å²) < 4.78 is 5.26. The first-order chi connectivity index (χ1) is 6.72. The summed E-state index contributed by atoms with van der Waals surface area (Å²) >= 11 is 0. The Balaban J connectivity index is 2.27. The minimum absolute atomic E-state index is 0.161. The number of aliphatic carboxylic acids is 1. The van der Waals surface area contributed by atoms with E-state index in [-0.39, 0.29) is 6.54 Å². The van der Waals surface area contributed by atoms with Gasteiger partial charge in [0.1, 0.15) is 0 Å². The predicted octanol–water partition coefficient (Wildman–Crippen LogP) is 0.819. The molecule has 4 heteroatoms. The molecule has 1 rings (SSSR count). The van der Waals surface area contributed by atoms with Crippen LogP contribution in [0.15, 0.2) is 0 Å². The van der Waals surface area contributed by atoms with Crippen molar-refractivity contribution in [3.8, 4) is 0 Å². The Morgan fingerprint density at radius 3 is 2.64 bits per heavy atom. The summed E-state index contributed by atoms with van der Waals surface area (Å²) in [6.45, 7) is 5.52. The summed E-state index contributed by atoms with van der Waals surface area (Å²) in [6.07, 6.45) is 2.13. The van der Waals surface area contributed by atoms with Gasteiger partial charge in [-0.25, -0.2) is 0 Å². The van der Waals surface area contributed by atoms with Crippen LogP contribution in [0.25, 0.3) is 0 Å². The molecule has 1 saturated heterocycles. The largest absolute Gasteiger partial charge is 0.480 e. The summed E-state index contributed by atoms with van der Waals surface area (Å²) in [5, 5.41) is 8.68. The molecule has 82 valence electrons. The molecule has 0 amide bonds. The number of nitrogens with zero attached hydrogens (tertiary/aromatic N) is 1. The van der Waals surface area contributed by atoms with E-state index < -0.39 is 5.97 Å². The lowest BCUT2D eigenvalue weighted by atomic mass is 10.00. The van der Waals surface area contributed by atoms with E-state index in [1.54, 1.807) is 0 Å². The van der Waals surface area contributed by atoms with E-state index in [4.69, 9.17) is 9.84 Å². The lowest BCUT2D eigenvalue weighted by Crippen LogP contribution is -2.35. The quantitative estimate of drug-likeness (QED) is 0.715. The molecular formula is C10H19NO3. The second kappa shape index (κ2) is 5.98. The molecule has 0 atom stereocenters. The lowest BCUT2D eigenvalue weighted by molar-refractivity contribution is -0.138. The van der Waals surface area contributed by atoms with E-state index in [9.17, 15) is 4.79 Å². The standard InChI is InChI=1S/C10H19NO3/c1-2-11(8-10(12)13)7-9-3-5-14-6-4-9/h9H,2-8H2,1H3,(H,12,13). The molecule has 1 aliphatic rings. The van der Waals surface area contributed by atoms with Gasteiger partial charge in [-0.1, -0.05) is 6.92 Å². The van der Waals surface area contributed by atoms with Crippen LogP contribution in [-0.4, -0.2) is 48.8 Å². The molecule has 1 N–H and O–H groups in total. The number of rotatable bonds is 5. The van der Waals surface area contributed by atoms with Crippen molar-refractivity contribution in [3.05, 3.63) is 0 Å². The number of ether oxygens (including phenoxy) is 1. The van der Waals surface area contributed by atoms with E-state index in [1.807, 2.05) is 11.8 Å². The van der Waals surface area contributed by atoms with E-state index in [1.165, 1.54) is 0 Å². The Bertz CT molecular complexity index is 178. The SMILES string of the molecule is CCN(CC(=O)O)CC1CCOCC1. The van der Waals surface area contributed by atoms with Gasteiger partial charge >= 0.3 is 5.97 Å². The first kappa shape index (κ1) is 11.5. The van der Waals surface area contributed by atoms with Gasteiger partial charge in [0, 0.05) is 19.8 Å². The zero-order chi connectivity index (χ0) is 10.4. The minimum atomic E-state index is -0.737. The molecule has 0 bridgehead atoms. The maximum Gasteiger partial charge on any atom is 0.317 e. The zero-order valence-electron chi connectivity index (χ0n) is 8.74.